The van der Waals surface area contributed by atoms with Gasteiger partial charge in [-0.25, -0.2) is 0 Å². The molecule has 1 saturated carbocycles. The standard InChI is InChI=1S/C23H18Cl2N2O3/c24-17-7-6-16(19(25)10-17)12-30-18-3-1-2-13(8-18)11-26-27-22(28)20-14-4-5-15(9-14)21(20)23(27)29/h1-8,10-11,14-15,20-21H,9,12H2/b26-11-/t14-,15-,20-,21+/m0/s1. The van der Waals surface area contributed by atoms with Gasteiger partial charge in [0.25, 0.3) is 11.8 Å². The minimum absolute atomic E-state index is 0.174. The number of benzene rings is 2. The molecule has 2 amide bonds. The molecule has 2 bridgehead atoms. The number of imide groups is 1. The zero-order valence-corrected chi connectivity index (χ0v) is 17.4. The average Bonchev–Trinajstić information content (AvgIpc) is 3.41. The molecule has 7 heteroatoms. The summed E-state index contributed by atoms with van der Waals surface area (Å²) < 4.78 is 5.82. The fourth-order valence-electron chi connectivity index (χ4n) is 4.61. The molecule has 0 N–H and O–H groups in total. The van der Waals surface area contributed by atoms with Crippen LogP contribution in [-0.2, 0) is 16.2 Å². The Kier molecular flexibility index (Phi) is 4.88. The number of hydrogen-bond donors (Lipinski definition) is 0. The number of hydrazone groups is 1. The monoisotopic (exact) mass is 440 g/mol. The van der Waals surface area contributed by atoms with E-state index in [1.54, 1.807) is 18.2 Å². The summed E-state index contributed by atoms with van der Waals surface area (Å²) in [5.41, 5.74) is 1.55. The summed E-state index contributed by atoms with van der Waals surface area (Å²) >= 11 is 12.1. The van der Waals surface area contributed by atoms with Crippen molar-refractivity contribution in [3.8, 4) is 5.75 Å². The second-order valence-corrected chi connectivity index (χ2v) is 8.67. The predicted molar refractivity (Wildman–Crippen MR) is 114 cm³/mol. The van der Waals surface area contributed by atoms with Crippen molar-refractivity contribution in [2.75, 3.05) is 0 Å². The summed E-state index contributed by atoms with van der Waals surface area (Å²) in [6.07, 6.45) is 6.56. The average molecular weight is 441 g/mol. The SMILES string of the molecule is O=C1[C@@H]2[C@H](C(=O)N1/N=C\c1cccc(OCc3ccc(Cl)cc3Cl)c1)[C@H]1C=C[C@H]2C1. The number of allylic oxidation sites excluding steroid dienone is 2. The van der Waals surface area contributed by atoms with E-state index in [9.17, 15) is 9.59 Å². The van der Waals surface area contributed by atoms with Crippen LogP contribution in [0.3, 0.4) is 0 Å². The Labute approximate surface area is 183 Å². The molecule has 5 rings (SSSR count). The zero-order valence-electron chi connectivity index (χ0n) is 15.9. The van der Waals surface area contributed by atoms with Crippen LogP contribution in [0.5, 0.6) is 5.75 Å². The Morgan fingerprint density at radius 2 is 1.77 bits per heavy atom. The van der Waals surface area contributed by atoms with Gasteiger partial charge in [-0.3, -0.25) is 9.59 Å². The lowest BCUT2D eigenvalue weighted by atomic mass is 9.85. The van der Waals surface area contributed by atoms with Crippen LogP contribution in [0.1, 0.15) is 17.5 Å². The number of hydrogen-bond acceptors (Lipinski definition) is 4. The molecule has 0 radical (unpaired) electrons. The fraction of sp³-hybridized carbons (Fsp3) is 0.261. The van der Waals surface area contributed by atoms with E-state index in [1.807, 2.05) is 24.3 Å². The third-order valence-electron chi connectivity index (χ3n) is 6.04. The second kappa shape index (κ2) is 7.56. The zero-order chi connectivity index (χ0) is 20.8. The minimum atomic E-state index is -0.247. The number of rotatable bonds is 5. The van der Waals surface area contributed by atoms with E-state index < -0.39 is 0 Å². The number of carbonyl (C=O) groups is 2. The van der Waals surface area contributed by atoms with Crippen LogP contribution < -0.4 is 4.74 Å². The molecule has 2 fully saturated rings. The second-order valence-electron chi connectivity index (χ2n) is 7.83. The fourth-order valence-corrected chi connectivity index (χ4v) is 5.07. The molecule has 2 aliphatic carbocycles. The lowest BCUT2D eigenvalue weighted by molar-refractivity contribution is -0.140. The van der Waals surface area contributed by atoms with Crippen LogP contribution >= 0.6 is 23.2 Å². The van der Waals surface area contributed by atoms with Crippen molar-refractivity contribution >= 4 is 41.2 Å². The maximum atomic E-state index is 12.7. The van der Waals surface area contributed by atoms with E-state index in [1.165, 1.54) is 6.21 Å². The van der Waals surface area contributed by atoms with Crippen LogP contribution in [0.15, 0.2) is 59.7 Å². The maximum absolute atomic E-state index is 12.7. The molecule has 5 nitrogen and oxygen atoms in total. The van der Waals surface area contributed by atoms with Crippen molar-refractivity contribution in [1.29, 1.82) is 0 Å². The van der Waals surface area contributed by atoms with Crippen molar-refractivity contribution in [1.82, 2.24) is 5.01 Å². The van der Waals surface area contributed by atoms with Gasteiger partial charge in [-0.1, -0.05) is 53.6 Å². The molecule has 30 heavy (non-hydrogen) atoms. The largest absolute Gasteiger partial charge is 0.489 e. The summed E-state index contributed by atoms with van der Waals surface area (Å²) in [4.78, 5) is 25.4. The minimum Gasteiger partial charge on any atom is -0.489 e. The quantitative estimate of drug-likeness (QED) is 0.384. The summed E-state index contributed by atoms with van der Waals surface area (Å²) in [5, 5.41) is 6.36. The van der Waals surface area contributed by atoms with Crippen molar-refractivity contribution in [3.63, 3.8) is 0 Å². The van der Waals surface area contributed by atoms with Gasteiger partial charge in [0, 0.05) is 15.6 Å². The molecule has 2 aromatic carbocycles. The third-order valence-corrected chi connectivity index (χ3v) is 6.62. The van der Waals surface area contributed by atoms with Crippen molar-refractivity contribution < 1.29 is 14.3 Å². The first kappa shape index (κ1) is 19.3. The highest BCUT2D eigenvalue weighted by atomic mass is 35.5. The normalized spacial score (nSPS) is 26.8. The van der Waals surface area contributed by atoms with Crippen LogP contribution in [0.4, 0.5) is 0 Å². The molecule has 1 aliphatic heterocycles. The Balaban J connectivity index is 1.27. The maximum Gasteiger partial charge on any atom is 0.254 e. The van der Waals surface area contributed by atoms with Gasteiger partial charge in [0.2, 0.25) is 0 Å². The topological polar surface area (TPSA) is 59.0 Å². The van der Waals surface area contributed by atoms with Crippen molar-refractivity contribution in [2.24, 2.45) is 28.8 Å². The van der Waals surface area contributed by atoms with Crippen LogP contribution in [0.2, 0.25) is 10.0 Å². The number of nitrogens with zero attached hydrogens (tertiary/aromatic N) is 2. The Hall–Kier alpha value is -2.63. The molecule has 0 spiro atoms. The number of carbonyl (C=O) groups excluding carboxylic acids is 2. The van der Waals surface area contributed by atoms with Gasteiger partial charge in [0.1, 0.15) is 12.4 Å². The summed E-state index contributed by atoms with van der Waals surface area (Å²) in [6.45, 7) is 0.291. The molecular weight excluding hydrogens is 423 g/mol. The molecular formula is C23H18Cl2N2O3. The van der Waals surface area contributed by atoms with Crippen molar-refractivity contribution in [2.45, 2.75) is 13.0 Å². The summed E-state index contributed by atoms with van der Waals surface area (Å²) in [5.74, 6) is 0.0990. The van der Waals surface area contributed by atoms with E-state index in [2.05, 4.69) is 17.3 Å². The third kappa shape index (κ3) is 3.32. The van der Waals surface area contributed by atoms with Crippen LogP contribution in [0, 0.1) is 23.7 Å². The van der Waals surface area contributed by atoms with Gasteiger partial charge in [-0.05, 0) is 48.1 Å². The molecule has 152 valence electrons. The van der Waals surface area contributed by atoms with Gasteiger partial charge >= 0.3 is 0 Å². The molecule has 1 saturated heterocycles. The Morgan fingerprint density at radius 3 is 2.47 bits per heavy atom. The van der Waals surface area contributed by atoms with E-state index >= 15 is 0 Å². The molecule has 3 aliphatic rings. The van der Waals surface area contributed by atoms with Gasteiger partial charge < -0.3 is 4.74 Å². The highest BCUT2D eigenvalue weighted by Gasteiger charge is 2.59. The predicted octanol–water partition coefficient (Wildman–Crippen LogP) is 4.71. The highest BCUT2D eigenvalue weighted by molar-refractivity contribution is 6.35. The van der Waals surface area contributed by atoms with Gasteiger partial charge in [-0.2, -0.15) is 10.1 Å². The smallest absolute Gasteiger partial charge is 0.254 e. The lowest BCUT2D eigenvalue weighted by Crippen LogP contribution is -2.28. The first-order chi connectivity index (χ1) is 14.5. The molecule has 0 aromatic heterocycles. The molecule has 1 heterocycles. The lowest BCUT2D eigenvalue weighted by Gasteiger charge is -2.13. The first-order valence-electron chi connectivity index (χ1n) is 9.78. The van der Waals surface area contributed by atoms with E-state index in [-0.39, 0.29) is 35.5 Å². The van der Waals surface area contributed by atoms with E-state index in [0.717, 1.165) is 22.6 Å². The van der Waals surface area contributed by atoms with Gasteiger partial charge in [0.15, 0.2) is 0 Å². The molecule has 0 unspecified atom stereocenters. The van der Waals surface area contributed by atoms with Crippen molar-refractivity contribution in [3.05, 3.63) is 75.8 Å². The summed E-state index contributed by atoms with van der Waals surface area (Å²) in [7, 11) is 0. The highest BCUT2D eigenvalue weighted by Crippen LogP contribution is 2.52. The van der Waals surface area contributed by atoms with Crippen LogP contribution in [-0.4, -0.2) is 23.0 Å². The summed E-state index contributed by atoms with van der Waals surface area (Å²) in [6, 6.07) is 12.5. The number of ether oxygens (including phenoxy) is 1. The van der Waals surface area contributed by atoms with E-state index in [4.69, 9.17) is 27.9 Å². The molecule has 4 atom stereocenters. The Bertz CT molecular complexity index is 1070. The molecule has 2 aromatic rings. The number of amides is 2. The van der Waals surface area contributed by atoms with Crippen LogP contribution in [0.25, 0.3) is 0 Å². The van der Waals surface area contributed by atoms with E-state index in [0.29, 0.717) is 22.4 Å². The Morgan fingerprint density at radius 1 is 1.03 bits per heavy atom. The first-order valence-corrected chi connectivity index (χ1v) is 10.5. The van der Waals surface area contributed by atoms with Gasteiger partial charge in [0.05, 0.1) is 18.1 Å². The number of fused-ring (bicyclic) bond motifs is 5. The number of halogens is 2. The van der Waals surface area contributed by atoms with Gasteiger partial charge in [-0.15, -0.1) is 0 Å².